The van der Waals surface area contributed by atoms with E-state index in [0.717, 1.165) is 24.1 Å². The maximum absolute atomic E-state index is 8.90. The minimum Gasteiger partial charge on any atom is -0.411 e. The quantitative estimate of drug-likeness (QED) is 0.476. The number of fused-ring (bicyclic) bond motifs is 1. The van der Waals surface area contributed by atoms with Gasteiger partial charge < -0.3 is 5.21 Å². The highest BCUT2D eigenvalue weighted by molar-refractivity contribution is 6.03. The summed E-state index contributed by atoms with van der Waals surface area (Å²) in [6.07, 6.45) is 2.17. The van der Waals surface area contributed by atoms with Crippen LogP contribution in [0.25, 0.3) is 0 Å². The zero-order chi connectivity index (χ0) is 9.26. The second-order valence-corrected chi connectivity index (χ2v) is 3.58. The molecule has 2 nitrogen and oxygen atoms in total. The molecule has 1 aliphatic carbocycles. The first-order valence-corrected chi connectivity index (χ1v) is 4.63. The Labute approximate surface area is 77.9 Å². The summed E-state index contributed by atoms with van der Waals surface area (Å²) >= 11 is 0. The molecule has 13 heavy (non-hydrogen) atoms. The van der Waals surface area contributed by atoms with E-state index in [4.69, 9.17) is 5.21 Å². The molecule has 0 saturated heterocycles. The SMILES string of the molecule is CC1CCc2ccccc2/C1=N\O. The number of hydrogen-bond acceptors (Lipinski definition) is 2. The molecule has 1 aromatic carbocycles. The molecular weight excluding hydrogens is 162 g/mol. The molecule has 0 aliphatic heterocycles. The third kappa shape index (κ3) is 1.32. The van der Waals surface area contributed by atoms with Crippen LogP contribution in [0.5, 0.6) is 0 Å². The average Bonchev–Trinajstić information content (AvgIpc) is 2.18. The molecule has 0 aromatic heterocycles. The fraction of sp³-hybridized carbons (Fsp3) is 0.364. The van der Waals surface area contributed by atoms with Crippen LogP contribution in [0.1, 0.15) is 24.5 Å². The van der Waals surface area contributed by atoms with Gasteiger partial charge in [0.15, 0.2) is 0 Å². The number of aryl methyl sites for hydroxylation is 1. The summed E-state index contributed by atoms with van der Waals surface area (Å²) in [5.74, 6) is 0.375. The van der Waals surface area contributed by atoms with Gasteiger partial charge in [-0.15, -0.1) is 0 Å². The number of hydrogen-bond donors (Lipinski definition) is 1. The lowest BCUT2D eigenvalue weighted by atomic mass is 9.83. The van der Waals surface area contributed by atoms with E-state index in [-0.39, 0.29) is 0 Å². The van der Waals surface area contributed by atoms with Crippen molar-refractivity contribution in [3.63, 3.8) is 0 Å². The maximum atomic E-state index is 8.90. The summed E-state index contributed by atoms with van der Waals surface area (Å²) in [5.41, 5.74) is 3.25. The predicted octanol–water partition coefficient (Wildman–Crippen LogP) is 2.45. The zero-order valence-electron chi connectivity index (χ0n) is 7.70. The minimum absolute atomic E-state index is 0.375. The molecule has 2 rings (SSSR count). The van der Waals surface area contributed by atoms with Crippen LogP contribution in [0.4, 0.5) is 0 Å². The summed E-state index contributed by atoms with van der Waals surface area (Å²) in [6.45, 7) is 2.10. The average molecular weight is 175 g/mol. The van der Waals surface area contributed by atoms with Crippen LogP contribution in [-0.4, -0.2) is 10.9 Å². The largest absolute Gasteiger partial charge is 0.411 e. The standard InChI is InChI=1S/C11H13NO/c1-8-6-7-9-4-2-3-5-10(9)11(8)12-13/h2-5,8,13H,6-7H2,1H3/b12-11-. The van der Waals surface area contributed by atoms with Gasteiger partial charge >= 0.3 is 0 Å². The van der Waals surface area contributed by atoms with Crippen LogP contribution in [-0.2, 0) is 6.42 Å². The Morgan fingerprint density at radius 3 is 2.92 bits per heavy atom. The van der Waals surface area contributed by atoms with E-state index >= 15 is 0 Å². The Bertz CT molecular complexity index is 344. The Kier molecular flexibility index (Phi) is 2.05. The summed E-state index contributed by atoms with van der Waals surface area (Å²) in [4.78, 5) is 0. The highest BCUT2D eigenvalue weighted by atomic mass is 16.4. The number of benzene rings is 1. The molecule has 68 valence electrons. The molecule has 0 saturated carbocycles. The lowest BCUT2D eigenvalue weighted by molar-refractivity contribution is 0.314. The van der Waals surface area contributed by atoms with E-state index < -0.39 is 0 Å². The number of nitrogens with zero attached hydrogens (tertiary/aromatic N) is 1. The van der Waals surface area contributed by atoms with Gasteiger partial charge in [0.25, 0.3) is 0 Å². The van der Waals surface area contributed by atoms with Gasteiger partial charge in [-0.2, -0.15) is 0 Å². The first kappa shape index (κ1) is 8.30. The van der Waals surface area contributed by atoms with Crippen molar-refractivity contribution in [2.75, 3.05) is 0 Å². The Morgan fingerprint density at radius 1 is 1.38 bits per heavy atom. The van der Waals surface area contributed by atoms with Crippen LogP contribution >= 0.6 is 0 Å². The third-order valence-corrected chi connectivity index (χ3v) is 2.71. The Morgan fingerprint density at radius 2 is 2.15 bits per heavy atom. The topological polar surface area (TPSA) is 32.6 Å². The molecule has 1 unspecified atom stereocenters. The van der Waals surface area contributed by atoms with Gasteiger partial charge in [0, 0.05) is 11.5 Å². The smallest absolute Gasteiger partial charge is 0.0898 e. The van der Waals surface area contributed by atoms with E-state index in [2.05, 4.69) is 18.1 Å². The lowest BCUT2D eigenvalue weighted by Gasteiger charge is -2.22. The molecule has 2 heteroatoms. The van der Waals surface area contributed by atoms with Crippen LogP contribution in [0, 0.1) is 5.92 Å². The maximum Gasteiger partial charge on any atom is 0.0898 e. The Balaban J connectivity index is 2.52. The van der Waals surface area contributed by atoms with Crippen molar-refractivity contribution < 1.29 is 5.21 Å². The number of oxime groups is 1. The molecule has 1 N–H and O–H groups in total. The fourth-order valence-electron chi connectivity index (χ4n) is 1.91. The van der Waals surface area contributed by atoms with Crippen molar-refractivity contribution in [1.82, 2.24) is 0 Å². The number of rotatable bonds is 0. The minimum atomic E-state index is 0.375. The van der Waals surface area contributed by atoms with Gasteiger partial charge in [0.05, 0.1) is 5.71 Å². The molecular formula is C11H13NO. The first-order valence-electron chi connectivity index (χ1n) is 4.63. The van der Waals surface area contributed by atoms with E-state index in [0.29, 0.717) is 5.92 Å². The van der Waals surface area contributed by atoms with Crippen molar-refractivity contribution in [2.24, 2.45) is 11.1 Å². The second kappa shape index (κ2) is 3.21. The second-order valence-electron chi connectivity index (χ2n) is 3.58. The molecule has 0 spiro atoms. The fourth-order valence-corrected chi connectivity index (χ4v) is 1.91. The molecule has 0 amide bonds. The van der Waals surface area contributed by atoms with Gasteiger partial charge in [0.2, 0.25) is 0 Å². The monoisotopic (exact) mass is 175 g/mol. The van der Waals surface area contributed by atoms with Crippen molar-refractivity contribution in [2.45, 2.75) is 19.8 Å². The molecule has 0 fully saturated rings. The summed E-state index contributed by atoms with van der Waals surface area (Å²) in [6, 6.07) is 8.15. The summed E-state index contributed by atoms with van der Waals surface area (Å²) < 4.78 is 0. The van der Waals surface area contributed by atoms with E-state index in [1.807, 2.05) is 18.2 Å². The predicted molar refractivity (Wildman–Crippen MR) is 52.3 cm³/mol. The molecule has 0 bridgehead atoms. The summed E-state index contributed by atoms with van der Waals surface area (Å²) in [5, 5.41) is 12.3. The van der Waals surface area contributed by atoms with Crippen molar-refractivity contribution in [3.8, 4) is 0 Å². The summed E-state index contributed by atoms with van der Waals surface area (Å²) in [7, 11) is 0. The van der Waals surface area contributed by atoms with Gasteiger partial charge in [-0.1, -0.05) is 36.3 Å². The molecule has 1 aromatic rings. The Hall–Kier alpha value is -1.31. The van der Waals surface area contributed by atoms with E-state index in [1.165, 1.54) is 5.56 Å². The molecule has 0 radical (unpaired) electrons. The molecule has 1 atom stereocenters. The molecule has 1 aliphatic rings. The van der Waals surface area contributed by atoms with Crippen molar-refractivity contribution in [3.05, 3.63) is 35.4 Å². The van der Waals surface area contributed by atoms with Gasteiger partial charge in [-0.05, 0) is 18.4 Å². The van der Waals surface area contributed by atoms with E-state index in [1.54, 1.807) is 0 Å². The normalized spacial score (nSPS) is 24.4. The van der Waals surface area contributed by atoms with Gasteiger partial charge in [-0.25, -0.2) is 0 Å². The van der Waals surface area contributed by atoms with Crippen LogP contribution in [0.3, 0.4) is 0 Å². The van der Waals surface area contributed by atoms with Gasteiger partial charge in [-0.3, -0.25) is 0 Å². The van der Waals surface area contributed by atoms with Crippen LogP contribution in [0.15, 0.2) is 29.4 Å². The first-order chi connectivity index (χ1) is 6.33. The van der Waals surface area contributed by atoms with Gasteiger partial charge in [0.1, 0.15) is 0 Å². The van der Waals surface area contributed by atoms with Crippen molar-refractivity contribution in [1.29, 1.82) is 0 Å². The zero-order valence-corrected chi connectivity index (χ0v) is 7.70. The van der Waals surface area contributed by atoms with Crippen LogP contribution < -0.4 is 0 Å². The van der Waals surface area contributed by atoms with Crippen LogP contribution in [0.2, 0.25) is 0 Å². The highest BCUT2D eigenvalue weighted by Gasteiger charge is 2.21. The highest BCUT2D eigenvalue weighted by Crippen LogP contribution is 2.25. The third-order valence-electron chi connectivity index (χ3n) is 2.71. The lowest BCUT2D eigenvalue weighted by Crippen LogP contribution is -2.20. The van der Waals surface area contributed by atoms with Crippen molar-refractivity contribution >= 4 is 5.71 Å². The van der Waals surface area contributed by atoms with E-state index in [9.17, 15) is 0 Å². The molecule has 0 heterocycles.